The van der Waals surface area contributed by atoms with E-state index in [1.807, 2.05) is 18.3 Å². The van der Waals surface area contributed by atoms with E-state index in [1.165, 1.54) is 16.5 Å². The van der Waals surface area contributed by atoms with Gasteiger partial charge in [0.2, 0.25) is 0 Å². The molecule has 0 aliphatic rings. The molecule has 5 nitrogen and oxygen atoms in total. The van der Waals surface area contributed by atoms with Crippen LogP contribution >= 0.6 is 0 Å². The Labute approximate surface area is 287 Å². The molecule has 0 saturated carbocycles. The van der Waals surface area contributed by atoms with Crippen LogP contribution in [-0.2, 0) is 10.8 Å². The van der Waals surface area contributed by atoms with Crippen molar-refractivity contribution in [2.75, 3.05) is 0 Å². The predicted molar refractivity (Wildman–Crippen MR) is 200 cm³/mol. The first-order valence-corrected chi connectivity index (χ1v) is 16.9. The van der Waals surface area contributed by atoms with Gasteiger partial charge < -0.3 is 4.74 Å². The van der Waals surface area contributed by atoms with Gasteiger partial charge in [-0.2, -0.15) is 0 Å². The highest BCUT2D eigenvalue weighted by atomic mass is 16.5. The van der Waals surface area contributed by atoms with Gasteiger partial charge in [-0.1, -0.05) is 108 Å². The Balaban J connectivity index is 1.21. The molecule has 8 aromatic rings. The molecule has 49 heavy (non-hydrogen) atoms. The Kier molecular flexibility index (Phi) is 7.18. The smallest absolute Gasteiger partial charge is 0.269 e. The van der Waals surface area contributed by atoms with Gasteiger partial charge in [0.05, 0.1) is 33.4 Å². The average Bonchev–Trinajstić information content (AvgIpc) is 3.64. The number of hydrogen-bond donors (Lipinski definition) is 0. The summed E-state index contributed by atoms with van der Waals surface area (Å²) < 4.78 is 13.2. The molecule has 3 aromatic heterocycles. The first kappa shape index (κ1) is 30.6. The summed E-state index contributed by atoms with van der Waals surface area (Å²) in [5.41, 5.74) is 8.92. The maximum Gasteiger partial charge on any atom is 0.269 e. The molecular weight excluding hydrogens is 601 g/mol. The zero-order valence-electron chi connectivity index (χ0n) is 28.9. The van der Waals surface area contributed by atoms with Crippen molar-refractivity contribution in [2.45, 2.75) is 52.4 Å². The molecule has 0 saturated heterocycles. The summed E-state index contributed by atoms with van der Waals surface area (Å²) in [6.07, 6.45) is 5.59. The number of imidazole rings is 1. The lowest BCUT2D eigenvalue weighted by Crippen LogP contribution is -2.33. The quantitative estimate of drug-likeness (QED) is 0.139. The molecular formula is C44H40N4O. The number of benzene rings is 5. The van der Waals surface area contributed by atoms with Gasteiger partial charge in [0.15, 0.2) is 0 Å². The predicted octanol–water partition coefficient (Wildman–Crippen LogP) is 10.6. The van der Waals surface area contributed by atoms with Crippen LogP contribution in [-0.4, -0.2) is 14.1 Å². The van der Waals surface area contributed by atoms with E-state index < -0.39 is 0 Å². The molecule has 0 atom stereocenters. The third kappa shape index (κ3) is 5.45. The number of pyridine rings is 1. The van der Waals surface area contributed by atoms with Crippen LogP contribution in [0.4, 0.5) is 0 Å². The lowest BCUT2D eigenvalue weighted by atomic mass is 9.86. The van der Waals surface area contributed by atoms with E-state index in [1.54, 1.807) is 0 Å². The number of nitrogens with zero attached hydrogens (tertiary/aromatic N) is 4. The van der Waals surface area contributed by atoms with E-state index >= 15 is 0 Å². The Morgan fingerprint density at radius 3 is 2.14 bits per heavy atom. The van der Waals surface area contributed by atoms with Crippen LogP contribution in [0.3, 0.4) is 0 Å². The third-order valence-electron chi connectivity index (χ3n) is 9.31. The van der Waals surface area contributed by atoms with Crippen LogP contribution in [0.15, 0.2) is 134 Å². The van der Waals surface area contributed by atoms with Gasteiger partial charge in [0, 0.05) is 23.0 Å². The van der Waals surface area contributed by atoms with Crippen LogP contribution in [0.25, 0.3) is 50.0 Å². The summed E-state index contributed by atoms with van der Waals surface area (Å²) in [6.45, 7) is 13.5. The molecule has 5 heteroatoms. The number of hydrogen-bond acceptors (Lipinski definition) is 2. The van der Waals surface area contributed by atoms with Gasteiger partial charge in [-0.3, -0.25) is 13.7 Å². The number of aromatic nitrogens is 4. The molecule has 0 N–H and O–H groups in total. The summed E-state index contributed by atoms with van der Waals surface area (Å²) in [4.78, 5) is 4.84. The van der Waals surface area contributed by atoms with Crippen LogP contribution in [0.5, 0.6) is 11.5 Å². The average molecular weight is 641 g/mol. The Morgan fingerprint density at radius 1 is 0.612 bits per heavy atom. The minimum atomic E-state index is -0.0212. The second kappa shape index (κ2) is 11.5. The van der Waals surface area contributed by atoms with E-state index in [2.05, 4.69) is 177 Å². The molecule has 0 aliphatic carbocycles. The molecule has 242 valence electrons. The van der Waals surface area contributed by atoms with Crippen molar-refractivity contribution < 1.29 is 9.30 Å². The monoisotopic (exact) mass is 640 g/mol. The highest BCUT2D eigenvalue weighted by molar-refractivity contribution is 6.09. The molecule has 5 aromatic carbocycles. The van der Waals surface area contributed by atoms with Crippen molar-refractivity contribution in [2.24, 2.45) is 0 Å². The number of ether oxygens (including phenoxy) is 1. The molecule has 3 heterocycles. The minimum Gasteiger partial charge on any atom is -0.458 e. The summed E-state index contributed by atoms with van der Waals surface area (Å²) in [6, 6.07) is 44.4. The van der Waals surface area contributed by atoms with E-state index in [0.717, 1.165) is 56.1 Å². The molecule has 0 bridgehead atoms. The first-order chi connectivity index (χ1) is 23.6. The fraction of sp³-hybridized carbons (Fsp3) is 0.182. The van der Waals surface area contributed by atoms with Crippen LogP contribution < -0.4 is 9.30 Å². The van der Waals surface area contributed by atoms with E-state index in [4.69, 9.17) is 9.72 Å². The van der Waals surface area contributed by atoms with Crippen molar-refractivity contribution in [1.82, 2.24) is 14.1 Å². The summed E-state index contributed by atoms with van der Waals surface area (Å²) in [5.74, 6) is 2.41. The fourth-order valence-electron chi connectivity index (χ4n) is 6.82. The van der Waals surface area contributed by atoms with Crippen molar-refractivity contribution in [3.63, 3.8) is 0 Å². The van der Waals surface area contributed by atoms with E-state index in [0.29, 0.717) is 0 Å². The Bertz CT molecular complexity index is 2500. The highest BCUT2D eigenvalue weighted by Gasteiger charge is 2.22. The van der Waals surface area contributed by atoms with Gasteiger partial charge in [-0.15, -0.1) is 0 Å². The topological polar surface area (TPSA) is 35.9 Å². The highest BCUT2D eigenvalue weighted by Crippen LogP contribution is 2.36. The standard InChI is InChI=1S/C44H40N4O/c1-43(2,3)30-24-25-45-42(26-30)48-37-18-9-7-16-34(37)35-23-22-33(28-41(35)48)49-32-15-13-14-31(27-32)46-29-47(40-21-12-11-20-39(40)46)38-19-10-8-17-36(38)44(4,5)6/h7-28H,1-6H3. The molecule has 0 fully saturated rings. The maximum absolute atomic E-state index is 6.61. The van der Waals surface area contributed by atoms with Gasteiger partial charge in [-0.05, 0) is 76.6 Å². The maximum atomic E-state index is 6.61. The fourth-order valence-corrected chi connectivity index (χ4v) is 6.82. The van der Waals surface area contributed by atoms with E-state index in [-0.39, 0.29) is 10.8 Å². The number of para-hydroxylation sites is 4. The minimum absolute atomic E-state index is 0.00740. The van der Waals surface area contributed by atoms with Crippen molar-refractivity contribution in [3.05, 3.63) is 151 Å². The molecule has 0 amide bonds. The lowest BCUT2D eigenvalue weighted by molar-refractivity contribution is -0.573. The van der Waals surface area contributed by atoms with Crippen molar-refractivity contribution in [1.29, 1.82) is 0 Å². The zero-order chi connectivity index (χ0) is 33.9. The van der Waals surface area contributed by atoms with Gasteiger partial charge >= 0.3 is 0 Å². The SMILES string of the molecule is CC(C)(C)c1ccnc(-n2c3ccccc3c3ccc(Oc4cccc(-n5[c-][n+](-c6ccccc6C(C)(C)C)c6ccccc65)c4)cc32)c1. The van der Waals surface area contributed by atoms with Gasteiger partial charge in [-0.25, -0.2) is 4.98 Å². The Morgan fingerprint density at radius 2 is 1.33 bits per heavy atom. The van der Waals surface area contributed by atoms with Crippen LogP contribution in [0, 0.1) is 6.33 Å². The van der Waals surface area contributed by atoms with Gasteiger partial charge in [0.1, 0.15) is 17.3 Å². The second-order valence-corrected chi connectivity index (χ2v) is 14.8. The van der Waals surface area contributed by atoms with Crippen LogP contribution in [0.1, 0.15) is 52.7 Å². The molecule has 8 rings (SSSR count). The van der Waals surface area contributed by atoms with Gasteiger partial charge in [0.25, 0.3) is 6.33 Å². The van der Waals surface area contributed by atoms with E-state index in [9.17, 15) is 0 Å². The zero-order valence-corrected chi connectivity index (χ0v) is 28.9. The van der Waals surface area contributed by atoms with Crippen molar-refractivity contribution >= 4 is 32.8 Å². The summed E-state index contributed by atoms with van der Waals surface area (Å²) in [7, 11) is 0. The normalized spacial score (nSPS) is 12.3. The second-order valence-electron chi connectivity index (χ2n) is 14.8. The molecule has 0 aliphatic heterocycles. The first-order valence-electron chi connectivity index (χ1n) is 16.9. The Hall–Kier alpha value is -5.68. The van der Waals surface area contributed by atoms with Crippen molar-refractivity contribution in [3.8, 4) is 28.7 Å². The van der Waals surface area contributed by atoms with Crippen LogP contribution in [0.2, 0.25) is 0 Å². The number of fused-ring (bicyclic) bond motifs is 4. The molecule has 0 unspecified atom stereocenters. The molecule has 0 spiro atoms. The number of rotatable bonds is 5. The largest absolute Gasteiger partial charge is 0.458 e. The third-order valence-corrected chi connectivity index (χ3v) is 9.31. The molecule has 0 radical (unpaired) electrons. The summed E-state index contributed by atoms with van der Waals surface area (Å²) >= 11 is 0. The summed E-state index contributed by atoms with van der Waals surface area (Å²) in [5, 5.41) is 2.35. The lowest BCUT2D eigenvalue weighted by Gasteiger charge is -2.23.